The van der Waals surface area contributed by atoms with E-state index < -0.39 is 23.2 Å². The van der Waals surface area contributed by atoms with Gasteiger partial charge in [0.05, 0.1) is 23.4 Å². The van der Waals surface area contributed by atoms with Crippen LogP contribution in [0.1, 0.15) is 29.2 Å². The van der Waals surface area contributed by atoms with Crippen molar-refractivity contribution in [3.63, 3.8) is 0 Å². The Morgan fingerprint density at radius 1 is 1.05 bits per heavy atom. The number of nitrogens with zero attached hydrogens (tertiary/aromatic N) is 6. The molecule has 3 heterocycles. The summed E-state index contributed by atoms with van der Waals surface area (Å²) in [5.41, 5.74) is 5.76. The van der Waals surface area contributed by atoms with Gasteiger partial charge in [-0.05, 0) is 31.0 Å². The van der Waals surface area contributed by atoms with Crippen LogP contribution in [0.25, 0.3) is 21.8 Å². The molecule has 2 aromatic carbocycles. The molecule has 4 N–H and O–H groups in total. The van der Waals surface area contributed by atoms with Gasteiger partial charge in [0.25, 0.3) is 0 Å². The fourth-order valence-electron chi connectivity index (χ4n) is 5.35. The van der Waals surface area contributed by atoms with E-state index in [0.29, 0.717) is 55.0 Å². The summed E-state index contributed by atoms with van der Waals surface area (Å²) in [5.74, 6) is -2.05. The molecule has 0 unspecified atom stereocenters. The van der Waals surface area contributed by atoms with Crippen molar-refractivity contribution in [2.24, 2.45) is 16.0 Å². The molecule has 1 aliphatic carbocycles. The molecule has 4 aromatic rings. The first-order valence-corrected chi connectivity index (χ1v) is 12.8. The van der Waals surface area contributed by atoms with Crippen molar-refractivity contribution in [1.29, 1.82) is 0 Å². The predicted octanol–water partition coefficient (Wildman–Crippen LogP) is 3.78. The van der Waals surface area contributed by atoms with Crippen LogP contribution in [0.4, 0.5) is 20.6 Å². The van der Waals surface area contributed by atoms with Crippen LogP contribution >= 0.6 is 0 Å². The molecule has 1 saturated carbocycles. The van der Waals surface area contributed by atoms with Gasteiger partial charge in [-0.3, -0.25) is 14.3 Å². The number of nitrogens with two attached hydrogens (primary N) is 1. The Labute approximate surface area is 226 Å². The first kappa shape index (κ1) is 25.5. The maximum atomic E-state index is 15.3. The molecule has 40 heavy (non-hydrogen) atoms. The van der Waals surface area contributed by atoms with E-state index in [1.165, 1.54) is 6.20 Å². The number of piperazine rings is 1. The normalized spacial score (nSPS) is 16.4. The molecule has 0 spiro atoms. The molecule has 2 aliphatic rings. The molecule has 2 fully saturated rings. The summed E-state index contributed by atoms with van der Waals surface area (Å²) in [5, 5.41) is 28.2. The van der Waals surface area contributed by atoms with Gasteiger partial charge in [0, 0.05) is 49.2 Å². The molecule has 13 heteroatoms. The molecule has 0 bridgehead atoms. The van der Waals surface area contributed by atoms with E-state index in [4.69, 9.17) is 5.73 Å². The number of carboxylic acids is 1. The molecule has 12 nitrogen and oxygen atoms in total. The average Bonchev–Trinajstić information content (AvgIpc) is 3.74. The monoisotopic (exact) mass is 547 g/mol. The Morgan fingerprint density at radius 2 is 1.77 bits per heavy atom. The van der Waals surface area contributed by atoms with Crippen molar-refractivity contribution in [3.8, 4) is 5.88 Å². The Morgan fingerprint density at radius 3 is 2.45 bits per heavy atom. The number of para-hydroxylation sites is 1. The van der Waals surface area contributed by atoms with Crippen LogP contribution in [0.3, 0.4) is 0 Å². The molecule has 0 atom stereocenters. The van der Waals surface area contributed by atoms with Crippen LogP contribution in [0.5, 0.6) is 5.88 Å². The second kappa shape index (κ2) is 9.75. The SMILES string of the molecule is NC(=O)N=Nc1c(O)n(CN2CCN(c3cc4c(cc3F)c(=O)c(C(=O)O)cn4C3CC3)CC2)c2ccccc12. The summed E-state index contributed by atoms with van der Waals surface area (Å²) in [6.07, 6.45) is 3.11. The Hall–Kier alpha value is -4.78. The van der Waals surface area contributed by atoms with Crippen molar-refractivity contribution in [2.45, 2.75) is 25.6 Å². The number of aromatic carboxylic acids is 1. The highest BCUT2D eigenvalue weighted by atomic mass is 19.1. The minimum absolute atomic E-state index is 0.0611. The maximum Gasteiger partial charge on any atom is 0.356 e. The number of halogens is 1. The number of carboxylic acid groups (broad SMARTS) is 1. The lowest BCUT2D eigenvalue weighted by Gasteiger charge is -2.36. The Kier molecular flexibility index (Phi) is 6.22. The van der Waals surface area contributed by atoms with Gasteiger partial charge >= 0.3 is 12.0 Å². The number of benzene rings is 2. The minimum atomic E-state index is -1.33. The highest BCUT2D eigenvalue weighted by molar-refractivity contribution is 5.95. The van der Waals surface area contributed by atoms with E-state index in [0.717, 1.165) is 18.9 Å². The first-order chi connectivity index (χ1) is 19.2. The van der Waals surface area contributed by atoms with Crippen LogP contribution in [0.15, 0.2) is 57.6 Å². The van der Waals surface area contributed by atoms with Gasteiger partial charge in [-0.25, -0.2) is 14.0 Å². The van der Waals surface area contributed by atoms with Crippen LogP contribution in [0.2, 0.25) is 0 Å². The van der Waals surface area contributed by atoms with Gasteiger partial charge < -0.3 is 25.4 Å². The number of fused-ring (bicyclic) bond motifs is 2. The van der Waals surface area contributed by atoms with Gasteiger partial charge in [-0.1, -0.05) is 23.3 Å². The quantitative estimate of drug-likeness (QED) is 0.310. The van der Waals surface area contributed by atoms with E-state index in [1.54, 1.807) is 27.3 Å². The smallest absolute Gasteiger partial charge is 0.356 e. The molecular formula is C27H26FN7O5. The number of anilines is 1. The lowest BCUT2D eigenvalue weighted by molar-refractivity contribution is 0.0694. The van der Waals surface area contributed by atoms with Gasteiger partial charge in [0.2, 0.25) is 11.3 Å². The van der Waals surface area contributed by atoms with Gasteiger partial charge in [-0.2, -0.15) is 0 Å². The minimum Gasteiger partial charge on any atom is -0.493 e. The molecule has 0 radical (unpaired) electrons. The van der Waals surface area contributed by atoms with Crippen molar-refractivity contribution < 1.29 is 24.2 Å². The zero-order chi connectivity index (χ0) is 28.1. The van der Waals surface area contributed by atoms with Crippen LogP contribution < -0.4 is 16.1 Å². The number of urea groups is 1. The van der Waals surface area contributed by atoms with E-state index in [9.17, 15) is 24.6 Å². The second-order valence-electron chi connectivity index (χ2n) is 10.0. The zero-order valence-corrected chi connectivity index (χ0v) is 21.3. The van der Waals surface area contributed by atoms with Gasteiger partial charge in [-0.15, -0.1) is 5.11 Å². The zero-order valence-electron chi connectivity index (χ0n) is 21.3. The summed E-state index contributed by atoms with van der Waals surface area (Å²) >= 11 is 0. The number of aromatic hydroxyl groups is 1. The van der Waals surface area contributed by atoms with Crippen molar-refractivity contribution in [1.82, 2.24) is 14.0 Å². The van der Waals surface area contributed by atoms with Crippen molar-refractivity contribution in [2.75, 3.05) is 31.1 Å². The van der Waals surface area contributed by atoms with E-state index in [2.05, 4.69) is 15.1 Å². The lowest BCUT2D eigenvalue weighted by atomic mass is 10.1. The first-order valence-electron chi connectivity index (χ1n) is 12.8. The van der Waals surface area contributed by atoms with Crippen LogP contribution in [-0.2, 0) is 6.67 Å². The fraction of sp³-hybridized carbons (Fsp3) is 0.296. The highest BCUT2D eigenvalue weighted by Crippen LogP contribution is 2.40. The number of hydrogen-bond donors (Lipinski definition) is 3. The Bertz CT molecular complexity index is 1770. The summed E-state index contributed by atoms with van der Waals surface area (Å²) < 4.78 is 18.8. The van der Waals surface area contributed by atoms with Crippen molar-refractivity contribution >= 4 is 45.2 Å². The third-order valence-corrected chi connectivity index (χ3v) is 7.49. The molecule has 2 amide bonds. The lowest BCUT2D eigenvalue weighted by Crippen LogP contribution is -2.47. The molecule has 1 saturated heterocycles. The molecule has 206 valence electrons. The summed E-state index contributed by atoms with van der Waals surface area (Å²) in [4.78, 5) is 39.5. The topological polar surface area (TPSA) is 159 Å². The molecular weight excluding hydrogens is 521 g/mol. The maximum absolute atomic E-state index is 15.3. The predicted molar refractivity (Wildman–Crippen MR) is 145 cm³/mol. The van der Waals surface area contributed by atoms with Crippen LogP contribution in [0, 0.1) is 5.82 Å². The average molecular weight is 548 g/mol. The number of carbonyl (C=O) groups excluding carboxylic acids is 1. The third-order valence-electron chi connectivity index (χ3n) is 7.49. The molecule has 2 aromatic heterocycles. The number of hydrogen-bond acceptors (Lipinski definition) is 7. The summed E-state index contributed by atoms with van der Waals surface area (Å²) in [6, 6.07) is 9.13. The summed E-state index contributed by atoms with van der Waals surface area (Å²) in [7, 11) is 0. The Balaban J connectivity index is 1.26. The largest absolute Gasteiger partial charge is 0.493 e. The molecule has 1 aliphatic heterocycles. The van der Waals surface area contributed by atoms with E-state index in [-0.39, 0.29) is 28.6 Å². The number of pyridine rings is 1. The summed E-state index contributed by atoms with van der Waals surface area (Å²) in [6.45, 7) is 2.39. The van der Waals surface area contributed by atoms with Gasteiger partial charge in [0.1, 0.15) is 11.4 Å². The number of aromatic nitrogens is 2. The highest BCUT2D eigenvalue weighted by Gasteiger charge is 2.29. The van der Waals surface area contributed by atoms with E-state index >= 15 is 4.39 Å². The number of azo groups is 1. The second-order valence-corrected chi connectivity index (χ2v) is 10.0. The van der Waals surface area contributed by atoms with Crippen molar-refractivity contribution in [3.05, 3.63) is 64.2 Å². The standard InChI is InChI=1S/C27H26FN7O5/c28-19-11-17-21(34(15-5-6-15)13-18(24(17)36)26(38)39)12-22(19)33-9-7-32(8-10-33)14-35-20-4-2-1-3-16(20)23(25(35)37)30-31-27(29)40/h1-4,11-13,15,37H,5-10,14H2,(H2,29,40)(H,38,39). The molecule has 6 rings (SSSR count). The number of amides is 2. The van der Waals surface area contributed by atoms with E-state index in [1.807, 2.05) is 17.0 Å². The number of carbonyl (C=O) groups is 2. The fourth-order valence-corrected chi connectivity index (χ4v) is 5.35. The number of primary amides is 1. The van der Waals surface area contributed by atoms with Crippen LogP contribution in [-0.4, -0.2) is 62.4 Å². The number of rotatable bonds is 6. The third kappa shape index (κ3) is 4.43. The van der Waals surface area contributed by atoms with Gasteiger partial charge in [0.15, 0.2) is 5.69 Å².